The molecule has 0 radical (unpaired) electrons. The maximum atomic E-state index is 13.0. The van der Waals surface area contributed by atoms with E-state index in [1.54, 1.807) is 48.5 Å². The number of amides is 1. The summed E-state index contributed by atoms with van der Waals surface area (Å²) in [5.74, 6) is -0.591. The van der Waals surface area contributed by atoms with Crippen molar-refractivity contribution in [3.63, 3.8) is 0 Å². The van der Waals surface area contributed by atoms with Gasteiger partial charge in [-0.15, -0.1) is 0 Å². The van der Waals surface area contributed by atoms with Gasteiger partial charge in [-0.1, -0.05) is 35.9 Å². The van der Waals surface area contributed by atoms with Crippen molar-refractivity contribution in [1.82, 2.24) is 9.88 Å². The average Bonchev–Trinajstić information content (AvgIpc) is 3.07. The number of carbonyl (C=O) groups excluding carboxylic acids is 1. The number of fused-ring (bicyclic) bond motifs is 1. The maximum Gasteiger partial charge on any atom is 0.257 e. The molecule has 0 saturated carbocycles. The van der Waals surface area contributed by atoms with E-state index < -0.39 is 42.5 Å². The molecule has 2 heterocycles. The Morgan fingerprint density at radius 3 is 2.48 bits per heavy atom. The van der Waals surface area contributed by atoms with Gasteiger partial charge in [0.2, 0.25) is 5.43 Å². The Balaban J connectivity index is 1.71. The lowest BCUT2D eigenvalue weighted by molar-refractivity contribution is -0.0509. The number of halogens is 1. The number of benzene rings is 2. The molecule has 1 fully saturated rings. The fraction of sp³-hybridized carbons (Fsp3) is 0.273. The molecule has 1 saturated heterocycles. The lowest BCUT2D eigenvalue weighted by atomic mass is 10.1. The van der Waals surface area contributed by atoms with Crippen LogP contribution < -0.4 is 10.7 Å². The second kappa shape index (κ2) is 8.78. The van der Waals surface area contributed by atoms with Crippen molar-refractivity contribution in [1.29, 1.82) is 0 Å². The molecule has 4 N–H and O–H groups in total. The van der Waals surface area contributed by atoms with Crippen LogP contribution in [0.15, 0.2) is 59.5 Å². The highest BCUT2D eigenvalue weighted by Gasteiger charge is 2.43. The molecule has 9 heteroatoms. The highest BCUT2D eigenvalue weighted by atomic mass is 35.5. The van der Waals surface area contributed by atoms with E-state index in [2.05, 4.69) is 5.32 Å². The molecular weight excluding hydrogens is 424 g/mol. The number of nitrogens with one attached hydrogen (secondary N) is 1. The molecule has 162 valence electrons. The number of rotatable bonds is 5. The zero-order valence-corrected chi connectivity index (χ0v) is 17.1. The Morgan fingerprint density at radius 2 is 1.81 bits per heavy atom. The van der Waals surface area contributed by atoms with E-state index in [4.69, 9.17) is 16.3 Å². The van der Waals surface area contributed by atoms with Crippen LogP contribution >= 0.6 is 11.6 Å². The quantitative estimate of drug-likeness (QED) is 0.469. The summed E-state index contributed by atoms with van der Waals surface area (Å²) in [5.41, 5.74) is 0.636. The number of hydrogen-bond acceptors (Lipinski definition) is 6. The summed E-state index contributed by atoms with van der Waals surface area (Å²) in [4.78, 5) is 25.8. The molecule has 0 aliphatic carbocycles. The Morgan fingerprint density at radius 1 is 1.10 bits per heavy atom. The van der Waals surface area contributed by atoms with E-state index in [1.165, 1.54) is 10.8 Å². The summed E-state index contributed by atoms with van der Waals surface area (Å²) in [6.07, 6.45) is -3.42. The molecule has 4 rings (SSSR count). The first-order valence-electron chi connectivity index (χ1n) is 9.69. The number of ether oxygens (including phenoxy) is 1. The van der Waals surface area contributed by atoms with Crippen molar-refractivity contribution < 1.29 is 24.9 Å². The largest absolute Gasteiger partial charge is 0.394 e. The van der Waals surface area contributed by atoms with Gasteiger partial charge in [-0.25, -0.2) is 0 Å². The topological polar surface area (TPSA) is 121 Å². The van der Waals surface area contributed by atoms with E-state index in [1.807, 2.05) is 0 Å². The minimum Gasteiger partial charge on any atom is -0.394 e. The Kier molecular flexibility index (Phi) is 6.08. The van der Waals surface area contributed by atoms with E-state index in [-0.39, 0.29) is 17.5 Å². The summed E-state index contributed by atoms with van der Waals surface area (Å²) in [7, 11) is 0. The number of nitrogens with zero attached hydrogens (tertiary/aromatic N) is 1. The highest BCUT2D eigenvalue weighted by molar-refractivity contribution is 6.30. The number of hydrogen-bond donors (Lipinski definition) is 4. The van der Waals surface area contributed by atoms with Gasteiger partial charge in [-0.2, -0.15) is 0 Å². The standard InChI is InChI=1S/C22H21ClN2O6/c23-13-7-5-12(6-8-13)9-24-21(30)15-10-25(16-4-2-1-3-14(16)18(15)27)22-20(29)19(28)17(11-26)31-22/h1-8,10,17,19-20,22,26,28-29H,9,11H2,(H,24,30)/t17-,19-,20-,22-/m1/s1. The predicted octanol–water partition coefficient (Wildman–Crippen LogP) is 1.20. The Labute approximate surface area is 182 Å². The third-order valence-electron chi connectivity index (χ3n) is 5.34. The number of pyridine rings is 1. The van der Waals surface area contributed by atoms with Crippen LogP contribution in [0.1, 0.15) is 22.1 Å². The smallest absolute Gasteiger partial charge is 0.257 e. The molecule has 1 amide bonds. The third kappa shape index (κ3) is 4.08. The van der Waals surface area contributed by atoms with Gasteiger partial charge in [-0.05, 0) is 29.8 Å². The molecule has 2 aromatic carbocycles. The van der Waals surface area contributed by atoms with E-state index in [9.17, 15) is 24.9 Å². The molecule has 31 heavy (non-hydrogen) atoms. The third-order valence-corrected chi connectivity index (χ3v) is 5.59. The van der Waals surface area contributed by atoms with Crippen LogP contribution in [-0.2, 0) is 11.3 Å². The number of aromatic nitrogens is 1. The van der Waals surface area contributed by atoms with Crippen LogP contribution in [0.5, 0.6) is 0 Å². The number of aliphatic hydroxyl groups is 3. The second-order valence-corrected chi connectivity index (χ2v) is 7.77. The first-order chi connectivity index (χ1) is 14.9. The van der Waals surface area contributed by atoms with Gasteiger partial charge < -0.3 is 29.9 Å². The Bertz CT molecular complexity index is 1160. The summed E-state index contributed by atoms with van der Waals surface area (Å²) in [6.45, 7) is -0.294. The molecule has 3 aromatic rings. The van der Waals surface area contributed by atoms with E-state index in [0.717, 1.165) is 5.56 Å². The summed E-state index contributed by atoms with van der Waals surface area (Å²) in [6, 6.07) is 13.5. The van der Waals surface area contributed by atoms with Crippen LogP contribution in [-0.4, -0.2) is 50.7 Å². The van der Waals surface area contributed by atoms with Gasteiger partial charge in [0.25, 0.3) is 5.91 Å². The molecule has 0 bridgehead atoms. The van der Waals surface area contributed by atoms with Gasteiger partial charge in [0.1, 0.15) is 23.9 Å². The molecule has 4 atom stereocenters. The monoisotopic (exact) mass is 444 g/mol. The van der Waals surface area contributed by atoms with Gasteiger partial charge in [0.05, 0.1) is 12.1 Å². The van der Waals surface area contributed by atoms with Crippen molar-refractivity contribution >= 4 is 28.4 Å². The molecule has 1 aliphatic rings. The number of carbonyl (C=O) groups is 1. The summed E-state index contributed by atoms with van der Waals surface area (Å²) >= 11 is 5.87. The van der Waals surface area contributed by atoms with Crippen molar-refractivity contribution in [2.45, 2.75) is 31.1 Å². The molecule has 0 unspecified atom stereocenters. The number of aliphatic hydroxyl groups excluding tert-OH is 3. The molecular formula is C22H21ClN2O6. The SMILES string of the molecule is O=C(NCc1ccc(Cl)cc1)c1cn([C@@H]2O[C@H](CO)[C@@H](O)[C@H]2O)c2ccccc2c1=O. The van der Waals surface area contributed by atoms with Gasteiger partial charge in [0.15, 0.2) is 6.23 Å². The summed E-state index contributed by atoms with van der Waals surface area (Å²) in [5, 5.41) is 33.5. The molecule has 0 spiro atoms. The van der Waals surface area contributed by atoms with Crippen LogP contribution in [0.4, 0.5) is 0 Å². The van der Waals surface area contributed by atoms with Crippen LogP contribution in [0, 0.1) is 0 Å². The summed E-state index contributed by atoms with van der Waals surface area (Å²) < 4.78 is 7.05. The average molecular weight is 445 g/mol. The van der Waals surface area contributed by atoms with Crippen molar-refractivity contribution in [3.8, 4) is 0 Å². The van der Waals surface area contributed by atoms with Crippen LogP contribution in [0.25, 0.3) is 10.9 Å². The zero-order valence-electron chi connectivity index (χ0n) is 16.3. The lowest BCUT2D eigenvalue weighted by Crippen LogP contribution is -2.34. The molecule has 8 nitrogen and oxygen atoms in total. The molecule has 1 aliphatic heterocycles. The first-order valence-corrected chi connectivity index (χ1v) is 10.1. The van der Waals surface area contributed by atoms with Crippen molar-refractivity contribution in [2.75, 3.05) is 6.61 Å². The fourth-order valence-corrected chi connectivity index (χ4v) is 3.79. The van der Waals surface area contributed by atoms with E-state index >= 15 is 0 Å². The second-order valence-electron chi connectivity index (χ2n) is 7.33. The highest BCUT2D eigenvalue weighted by Crippen LogP contribution is 2.31. The lowest BCUT2D eigenvalue weighted by Gasteiger charge is -2.22. The van der Waals surface area contributed by atoms with Crippen molar-refractivity contribution in [2.24, 2.45) is 0 Å². The minimum atomic E-state index is -1.35. The predicted molar refractivity (Wildman–Crippen MR) is 114 cm³/mol. The van der Waals surface area contributed by atoms with Crippen LogP contribution in [0.3, 0.4) is 0 Å². The fourth-order valence-electron chi connectivity index (χ4n) is 3.67. The molecule has 1 aromatic heterocycles. The van der Waals surface area contributed by atoms with Crippen molar-refractivity contribution in [3.05, 3.63) is 81.1 Å². The Hall–Kier alpha value is -2.75. The van der Waals surface area contributed by atoms with Gasteiger partial charge in [0, 0.05) is 23.2 Å². The minimum absolute atomic E-state index is 0.134. The normalized spacial score (nSPS) is 23.2. The maximum absolute atomic E-state index is 13.0. The first kappa shape index (κ1) is 21.5. The number of para-hydroxylation sites is 1. The van der Waals surface area contributed by atoms with E-state index in [0.29, 0.717) is 10.5 Å². The zero-order chi connectivity index (χ0) is 22.1. The van der Waals surface area contributed by atoms with Crippen LogP contribution in [0.2, 0.25) is 5.02 Å². The van der Waals surface area contributed by atoms with Gasteiger partial charge >= 0.3 is 0 Å². The van der Waals surface area contributed by atoms with Gasteiger partial charge in [-0.3, -0.25) is 9.59 Å².